The van der Waals surface area contributed by atoms with Crippen molar-refractivity contribution in [1.29, 1.82) is 0 Å². The molecule has 2 aromatic carbocycles. The number of nitrogens with zero attached hydrogens (tertiary/aromatic N) is 2. The van der Waals surface area contributed by atoms with Crippen molar-refractivity contribution < 1.29 is 23.0 Å². The number of methoxy groups -OCH3 is 2. The Morgan fingerprint density at radius 3 is 2.58 bits per heavy atom. The maximum Gasteiger partial charge on any atom is 0.276 e. The molecule has 3 rings (SSSR count). The van der Waals surface area contributed by atoms with E-state index in [4.69, 9.17) is 18.6 Å². The third kappa shape index (κ3) is 4.26. The van der Waals surface area contributed by atoms with Crippen LogP contribution in [-0.4, -0.2) is 36.8 Å². The Hall–Kier alpha value is -2.74. The predicted octanol–water partition coefficient (Wildman–Crippen LogP) is 4.06. The highest BCUT2D eigenvalue weighted by Gasteiger charge is 2.12. The quantitative estimate of drug-likeness (QED) is 0.434. The minimum atomic E-state index is -0.383. The van der Waals surface area contributed by atoms with Crippen LogP contribution >= 0.6 is 11.8 Å². The van der Waals surface area contributed by atoms with Gasteiger partial charge < -0.3 is 18.6 Å². The first-order valence-corrected chi connectivity index (χ1v) is 8.76. The van der Waals surface area contributed by atoms with E-state index in [9.17, 15) is 4.39 Å². The number of halogens is 1. The maximum atomic E-state index is 13.5. The molecule has 0 unspecified atom stereocenters. The molecule has 1 heterocycles. The van der Waals surface area contributed by atoms with Gasteiger partial charge in [-0.25, -0.2) is 4.39 Å². The van der Waals surface area contributed by atoms with Gasteiger partial charge in [0.05, 0.1) is 20.8 Å². The van der Waals surface area contributed by atoms with Crippen LogP contribution in [0.3, 0.4) is 0 Å². The third-order valence-corrected chi connectivity index (χ3v) is 4.22. The summed E-state index contributed by atoms with van der Waals surface area (Å²) in [5.41, 5.74) is 0.726. The fraction of sp³-hybridized carbons (Fsp3) is 0.222. The lowest BCUT2D eigenvalue weighted by Gasteiger charge is -2.07. The molecule has 0 aliphatic heterocycles. The molecule has 0 aliphatic rings. The molecule has 0 fully saturated rings. The van der Waals surface area contributed by atoms with Crippen LogP contribution in [0, 0.1) is 5.82 Å². The van der Waals surface area contributed by atoms with E-state index in [1.54, 1.807) is 44.6 Å². The van der Waals surface area contributed by atoms with Gasteiger partial charge in [-0.2, -0.15) is 0 Å². The number of hydrogen-bond donors (Lipinski definition) is 0. The Morgan fingerprint density at radius 2 is 1.81 bits per heavy atom. The Balaban J connectivity index is 1.57. The molecule has 0 bridgehead atoms. The van der Waals surface area contributed by atoms with Crippen molar-refractivity contribution in [2.75, 3.05) is 26.6 Å². The highest BCUT2D eigenvalue weighted by Crippen LogP contribution is 2.32. The van der Waals surface area contributed by atoms with Gasteiger partial charge in [0.2, 0.25) is 5.89 Å². The van der Waals surface area contributed by atoms with Crippen molar-refractivity contribution in [3.63, 3.8) is 0 Å². The molecule has 1 aromatic heterocycles. The fourth-order valence-electron chi connectivity index (χ4n) is 2.20. The van der Waals surface area contributed by atoms with Crippen molar-refractivity contribution in [3.8, 4) is 28.7 Å². The number of para-hydroxylation sites is 1. The van der Waals surface area contributed by atoms with Gasteiger partial charge in [0.15, 0.2) is 23.1 Å². The second kappa shape index (κ2) is 8.57. The summed E-state index contributed by atoms with van der Waals surface area (Å²) in [5, 5.41) is 8.44. The van der Waals surface area contributed by atoms with Crippen LogP contribution in [0.1, 0.15) is 0 Å². The smallest absolute Gasteiger partial charge is 0.276 e. The zero-order valence-corrected chi connectivity index (χ0v) is 15.1. The first kappa shape index (κ1) is 18.1. The number of thioether (sulfide) groups is 1. The number of rotatable bonds is 8. The van der Waals surface area contributed by atoms with Crippen LogP contribution < -0.4 is 14.2 Å². The van der Waals surface area contributed by atoms with Gasteiger partial charge in [-0.3, -0.25) is 0 Å². The molecule has 0 amide bonds. The van der Waals surface area contributed by atoms with Gasteiger partial charge in [-0.15, -0.1) is 10.2 Å². The molecule has 0 saturated heterocycles. The van der Waals surface area contributed by atoms with Crippen LogP contribution in [0.4, 0.5) is 4.39 Å². The fourth-order valence-corrected chi connectivity index (χ4v) is 2.77. The summed E-state index contributed by atoms with van der Waals surface area (Å²) >= 11 is 1.33. The van der Waals surface area contributed by atoms with Crippen LogP contribution in [0.2, 0.25) is 0 Å². The minimum Gasteiger partial charge on any atom is -0.493 e. The number of hydrogen-bond acceptors (Lipinski definition) is 7. The normalized spacial score (nSPS) is 10.6. The second-order valence-electron chi connectivity index (χ2n) is 5.07. The standard InChI is InChI=1S/C18H17FN2O4S/c1-22-15-8-7-12(11-16(15)23-2)17-20-21-18(25-17)26-10-9-24-14-6-4-3-5-13(14)19/h3-8,11H,9-10H2,1-2H3. The molecule has 0 saturated carbocycles. The highest BCUT2D eigenvalue weighted by molar-refractivity contribution is 7.99. The summed E-state index contributed by atoms with van der Waals surface area (Å²) in [7, 11) is 3.13. The van der Waals surface area contributed by atoms with Crippen LogP contribution in [0.15, 0.2) is 52.1 Å². The van der Waals surface area contributed by atoms with E-state index in [0.717, 1.165) is 5.56 Å². The largest absolute Gasteiger partial charge is 0.493 e. The Labute approximate surface area is 154 Å². The Bertz CT molecular complexity index is 872. The first-order valence-electron chi connectivity index (χ1n) is 7.77. The van der Waals surface area contributed by atoms with Gasteiger partial charge in [0.25, 0.3) is 5.22 Å². The number of benzene rings is 2. The maximum absolute atomic E-state index is 13.5. The molecular formula is C18H17FN2O4S. The Morgan fingerprint density at radius 1 is 1.00 bits per heavy atom. The van der Waals surface area contributed by atoms with Crippen LogP contribution in [0.5, 0.6) is 17.2 Å². The van der Waals surface area contributed by atoms with E-state index in [2.05, 4.69) is 10.2 Å². The summed E-state index contributed by atoms with van der Waals surface area (Å²) in [5.74, 6) is 1.97. The molecule has 0 atom stereocenters. The second-order valence-corrected chi connectivity index (χ2v) is 6.12. The van der Waals surface area contributed by atoms with Gasteiger partial charge in [-0.05, 0) is 30.3 Å². The lowest BCUT2D eigenvalue weighted by atomic mass is 10.2. The summed E-state index contributed by atoms with van der Waals surface area (Å²) in [6.07, 6.45) is 0. The third-order valence-electron chi connectivity index (χ3n) is 3.44. The minimum absolute atomic E-state index is 0.227. The molecule has 6 nitrogen and oxygen atoms in total. The van der Waals surface area contributed by atoms with Crippen molar-refractivity contribution in [1.82, 2.24) is 10.2 Å². The Kier molecular flexibility index (Phi) is 5.96. The molecule has 3 aromatic rings. The molecule has 0 radical (unpaired) electrons. The molecule has 0 aliphatic carbocycles. The number of ether oxygens (including phenoxy) is 3. The van der Waals surface area contributed by atoms with E-state index >= 15 is 0 Å². The molecule has 26 heavy (non-hydrogen) atoms. The molecule has 8 heteroatoms. The average Bonchev–Trinajstić information content (AvgIpc) is 3.15. The van der Waals surface area contributed by atoms with Gasteiger partial charge >= 0.3 is 0 Å². The molecular weight excluding hydrogens is 359 g/mol. The summed E-state index contributed by atoms with van der Waals surface area (Å²) in [4.78, 5) is 0. The molecule has 136 valence electrons. The zero-order valence-electron chi connectivity index (χ0n) is 14.3. The van der Waals surface area contributed by atoms with E-state index in [0.29, 0.717) is 35.0 Å². The predicted molar refractivity (Wildman–Crippen MR) is 95.5 cm³/mol. The van der Waals surface area contributed by atoms with Crippen LogP contribution in [0.25, 0.3) is 11.5 Å². The van der Waals surface area contributed by atoms with E-state index < -0.39 is 0 Å². The first-order chi connectivity index (χ1) is 12.7. The van der Waals surface area contributed by atoms with Crippen LogP contribution in [-0.2, 0) is 0 Å². The topological polar surface area (TPSA) is 66.6 Å². The lowest BCUT2D eigenvalue weighted by Crippen LogP contribution is -2.01. The molecule has 0 N–H and O–H groups in total. The summed E-state index contributed by atoms with van der Waals surface area (Å²) in [6, 6.07) is 11.6. The van der Waals surface area contributed by atoms with Crippen molar-refractivity contribution in [3.05, 3.63) is 48.3 Å². The highest BCUT2D eigenvalue weighted by atomic mass is 32.2. The van der Waals surface area contributed by atoms with Crippen molar-refractivity contribution in [2.45, 2.75) is 5.22 Å². The van der Waals surface area contributed by atoms with E-state index in [1.165, 1.54) is 17.8 Å². The summed E-state index contributed by atoms with van der Waals surface area (Å²) < 4.78 is 35.0. The zero-order chi connectivity index (χ0) is 18.4. The van der Waals surface area contributed by atoms with Gasteiger partial charge in [-0.1, -0.05) is 23.9 Å². The van der Waals surface area contributed by atoms with E-state index in [-0.39, 0.29) is 11.6 Å². The van der Waals surface area contributed by atoms with Crippen molar-refractivity contribution in [2.24, 2.45) is 0 Å². The van der Waals surface area contributed by atoms with Gasteiger partial charge in [0.1, 0.15) is 0 Å². The number of aromatic nitrogens is 2. The summed E-state index contributed by atoms with van der Waals surface area (Å²) in [6.45, 7) is 0.319. The average molecular weight is 376 g/mol. The monoisotopic (exact) mass is 376 g/mol. The van der Waals surface area contributed by atoms with Crippen molar-refractivity contribution >= 4 is 11.8 Å². The SMILES string of the molecule is COc1ccc(-c2nnc(SCCOc3ccccc3F)o2)cc1OC. The lowest BCUT2D eigenvalue weighted by molar-refractivity contribution is 0.324. The van der Waals surface area contributed by atoms with Gasteiger partial charge in [0, 0.05) is 11.3 Å². The van der Waals surface area contributed by atoms with E-state index in [1.807, 2.05) is 6.07 Å². The molecule has 0 spiro atoms.